The Kier molecular flexibility index (Phi) is 5.99. The second kappa shape index (κ2) is 8.19. The number of aromatic nitrogens is 2. The quantitative estimate of drug-likeness (QED) is 0.750. The largest absolute Gasteiger partial charge is 0.417 e. The zero-order valence-corrected chi connectivity index (χ0v) is 16.8. The monoisotopic (exact) mass is 443 g/mol. The Hall–Kier alpha value is -2.73. The van der Waals surface area contributed by atoms with Crippen molar-refractivity contribution in [3.05, 3.63) is 41.7 Å². The number of anilines is 2. The van der Waals surface area contributed by atoms with Crippen molar-refractivity contribution >= 4 is 27.4 Å². The summed E-state index contributed by atoms with van der Waals surface area (Å²) in [5.41, 5.74) is -1.29. The Labute approximate surface area is 171 Å². The molecule has 2 aromatic heterocycles. The molecule has 0 unspecified atom stereocenters. The van der Waals surface area contributed by atoms with Gasteiger partial charge in [-0.25, -0.2) is 23.5 Å². The molecule has 0 aliphatic carbocycles. The number of nitrogens with zero attached hydrogens (tertiary/aromatic N) is 3. The molecule has 0 radical (unpaired) electrons. The van der Waals surface area contributed by atoms with Crippen molar-refractivity contribution in [1.82, 2.24) is 9.97 Å². The summed E-state index contributed by atoms with van der Waals surface area (Å²) in [5, 5.41) is 6.95. The van der Waals surface area contributed by atoms with E-state index in [0.717, 1.165) is 31.2 Å². The van der Waals surface area contributed by atoms with Gasteiger partial charge in [-0.2, -0.15) is 13.2 Å². The van der Waals surface area contributed by atoms with Crippen molar-refractivity contribution in [1.29, 1.82) is 0 Å². The number of carbonyl (C=O) groups is 1. The molecule has 0 bridgehead atoms. The van der Waals surface area contributed by atoms with Crippen LogP contribution in [-0.4, -0.2) is 37.4 Å². The van der Waals surface area contributed by atoms with Crippen molar-refractivity contribution < 1.29 is 26.4 Å². The summed E-state index contributed by atoms with van der Waals surface area (Å²) >= 11 is 0. The van der Waals surface area contributed by atoms with Crippen molar-refractivity contribution in [2.24, 2.45) is 11.1 Å². The van der Waals surface area contributed by atoms with Crippen molar-refractivity contribution in [2.75, 3.05) is 23.3 Å². The minimum absolute atomic E-state index is 0.0226. The molecule has 2 aromatic rings. The number of sulfonamides is 1. The average molecular weight is 443 g/mol. The fourth-order valence-corrected chi connectivity index (χ4v) is 3.75. The molecule has 1 aliphatic rings. The molecule has 0 saturated carbocycles. The minimum Gasteiger partial charge on any atom is -0.356 e. The maximum atomic E-state index is 13.2. The van der Waals surface area contributed by atoms with Gasteiger partial charge >= 0.3 is 6.18 Å². The molecule has 1 fully saturated rings. The van der Waals surface area contributed by atoms with E-state index in [1.54, 1.807) is 4.90 Å². The Balaban J connectivity index is 1.98. The normalized spacial score (nSPS) is 17.6. The smallest absolute Gasteiger partial charge is 0.356 e. The fraction of sp³-hybridized carbons (Fsp3) is 0.389. The summed E-state index contributed by atoms with van der Waals surface area (Å²) in [5.74, 6) is -0.405. The number of hydrogen-bond acceptors (Lipinski definition) is 6. The van der Waals surface area contributed by atoms with Crippen LogP contribution in [0.2, 0.25) is 0 Å². The van der Waals surface area contributed by atoms with Crippen LogP contribution >= 0.6 is 0 Å². The molecule has 8 nitrogen and oxygen atoms in total. The fourth-order valence-electron chi connectivity index (χ4n) is 3.25. The number of amides is 1. The van der Waals surface area contributed by atoms with E-state index in [2.05, 4.69) is 15.3 Å². The van der Waals surface area contributed by atoms with E-state index in [0.29, 0.717) is 25.2 Å². The van der Waals surface area contributed by atoms with Crippen molar-refractivity contribution in [2.45, 2.75) is 31.0 Å². The number of nitrogens with one attached hydrogen (secondary N) is 1. The molecule has 3 N–H and O–H groups in total. The van der Waals surface area contributed by atoms with E-state index in [1.165, 1.54) is 6.07 Å². The van der Waals surface area contributed by atoms with Gasteiger partial charge in [0.2, 0.25) is 0 Å². The topological polar surface area (TPSA) is 118 Å². The SMILES string of the molecule is C[C@@H]1CCCN(c2ncc(C(F)(F)F)cc2C(=O)Nc2ccnc(S(N)(=O)=O)c2)C1. The maximum Gasteiger partial charge on any atom is 0.417 e. The van der Waals surface area contributed by atoms with Gasteiger partial charge in [0.1, 0.15) is 5.82 Å². The Morgan fingerprint density at radius 1 is 1.30 bits per heavy atom. The van der Waals surface area contributed by atoms with Crippen LogP contribution < -0.4 is 15.4 Å². The van der Waals surface area contributed by atoms with Gasteiger partial charge in [-0.1, -0.05) is 6.92 Å². The summed E-state index contributed by atoms with van der Waals surface area (Å²) in [6.45, 7) is 3.14. The first-order valence-electron chi connectivity index (χ1n) is 9.07. The second-order valence-electron chi connectivity index (χ2n) is 7.17. The molecule has 162 valence electrons. The zero-order valence-electron chi connectivity index (χ0n) is 16.0. The zero-order chi connectivity index (χ0) is 22.1. The summed E-state index contributed by atoms with van der Waals surface area (Å²) in [7, 11) is -4.12. The lowest BCUT2D eigenvalue weighted by atomic mass is 9.99. The Morgan fingerprint density at radius 3 is 2.67 bits per heavy atom. The molecule has 1 aliphatic heterocycles. The van der Waals surface area contributed by atoms with Gasteiger partial charge in [0.25, 0.3) is 15.9 Å². The Morgan fingerprint density at radius 2 is 2.03 bits per heavy atom. The van der Waals surface area contributed by atoms with E-state index in [4.69, 9.17) is 5.14 Å². The highest BCUT2D eigenvalue weighted by molar-refractivity contribution is 7.89. The van der Waals surface area contributed by atoms with Crippen LogP contribution in [0, 0.1) is 5.92 Å². The number of alkyl halides is 3. The molecule has 1 amide bonds. The molecule has 3 heterocycles. The predicted octanol–water partition coefficient (Wildman–Crippen LogP) is 2.63. The highest BCUT2D eigenvalue weighted by atomic mass is 32.2. The van der Waals surface area contributed by atoms with Crippen LogP contribution in [-0.2, 0) is 16.2 Å². The van der Waals surface area contributed by atoms with E-state index >= 15 is 0 Å². The van der Waals surface area contributed by atoms with E-state index < -0.39 is 32.7 Å². The van der Waals surface area contributed by atoms with Crippen molar-refractivity contribution in [3.8, 4) is 0 Å². The maximum absolute atomic E-state index is 13.2. The van der Waals surface area contributed by atoms with Crippen molar-refractivity contribution in [3.63, 3.8) is 0 Å². The lowest BCUT2D eigenvalue weighted by Crippen LogP contribution is -2.36. The lowest BCUT2D eigenvalue weighted by molar-refractivity contribution is -0.137. The summed E-state index contributed by atoms with van der Waals surface area (Å²) in [6.07, 6.45) is -1.05. The van der Waals surface area contributed by atoms with Gasteiger partial charge in [0.05, 0.1) is 11.1 Å². The number of halogens is 3. The third-order valence-electron chi connectivity index (χ3n) is 4.68. The first kappa shape index (κ1) is 22.0. The average Bonchev–Trinajstić information content (AvgIpc) is 2.66. The van der Waals surface area contributed by atoms with Crippen LogP contribution in [0.15, 0.2) is 35.6 Å². The van der Waals surface area contributed by atoms with Crippen LogP contribution in [0.25, 0.3) is 0 Å². The number of hydrogen-bond donors (Lipinski definition) is 2. The number of piperidine rings is 1. The third-order valence-corrected chi connectivity index (χ3v) is 5.49. The van der Waals surface area contributed by atoms with Gasteiger partial charge in [-0.3, -0.25) is 4.79 Å². The number of nitrogens with two attached hydrogens (primary N) is 1. The summed E-state index contributed by atoms with van der Waals surface area (Å²) in [4.78, 5) is 22.2. The second-order valence-corrected chi connectivity index (χ2v) is 8.68. The van der Waals surface area contributed by atoms with Gasteiger partial charge in [0, 0.05) is 37.2 Å². The van der Waals surface area contributed by atoms with Gasteiger partial charge < -0.3 is 10.2 Å². The number of rotatable bonds is 4. The molecule has 1 atom stereocenters. The molecule has 0 aromatic carbocycles. The van der Waals surface area contributed by atoms with Gasteiger partial charge in [-0.15, -0.1) is 0 Å². The van der Waals surface area contributed by atoms with Crippen LogP contribution in [0.5, 0.6) is 0 Å². The van der Waals surface area contributed by atoms with E-state index in [9.17, 15) is 26.4 Å². The highest BCUT2D eigenvalue weighted by Crippen LogP contribution is 2.33. The molecule has 12 heteroatoms. The molecule has 0 spiro atoms. The first-order chi connectivity index (χ1) is 13.9. The molecule has 30 heavy (non-hydrogen) atoms. The standard InChI is InChI=1S/C18H20F3N5O3S/c1-11-3-2-6-26(10-11)16-14(7-12(9-24-16)18(19,20)21)17(27)25-13-4-5-23-15(8-13)30(22,28)29/h4-5,7-9,11H,2-3,6,10H2,1H3,(H2,22,28,29)(H,23,25,27)/t11-/m1/s1. The molecular formula is C18H20F3N5O3S. The molecule has 3 rings (SSSR count). The third kappa shape index (κ3) is 5.05. The van der Waals surface area contributed by atoms with Crippen LogP contribution in [0.1, 0.15) is 35.7 Å². The van der Waals surface area contributed by atoms with E-state index in [-0.39, 0.29) is 17.1 Å². The first-order valence-corrected chi connectivity index (χ1v) is 10.6. The summed E-state index contributed by atoms with van der Waals surface area (Å²) in [6, 6.07) is 3.08. The number of pyridine rings is 2. The van der Waals surface area contributed by atoms with Gasteiger partial charge in [0.15, 0.2) is 5.03 Å². The van der Waals surface area contributed by atoms with E-state index in [1.807, 2.05) is 6.92 Å². The molecule has 1 saturated heterocycles. The van der Waals surface area contributed by atoms with Gasteiger partial charge in [-0.05, 0) is 30.9 Å². The molecular weight excluding hydrogens is 423 g/mol. The predicted molar refractivity (Wildman–Crippen MR) is 103 cm³/mol. The Bertz CT molecular complexity index is 1060. The summed E-state index contributed by atoms with van der Waals surface area (Å²) < 4.78 is 62.5. The number of carbonyl (C=O) groups excluding carboxylic acids is 1. The highest BCUT2D eigenvalue weighted by Gasteiger charge is 2.33. The number of primary sulfonamides is 1. The minimum atomic E-state index is -4.67. The van der Waals surface area contributed by atoms with Crippen LogP contribution in [0.3, 0.4) is 0 Å². The van der Waals surface area contributed by atoms with Crippen LogP contribution in [0.4, 0.5) is 24.7 Å². The lowest BCUT2D eigenvalue weighted by Gasteiger charge is -2.33.